The number of nitrogens with zero attached hydrogens (tertiary/aromatic N) is 2. The molecule has 16 heteroatoms. The molecule has 4 unspecified atom stereocenters. The van der Waals surface area contributed by atoms with Crippen molar-refractivity contribution in [3.8, 4) is 44.5 Å². The van der Waals surface area contributed by atoms with Crippen molar-refractivity contribution in [2.75, 3.05) is 9.80 Å². The van der Waals surface area contributed by atoms with E-state index in [4.69, 9.17) is 0 Å². The molecule has 2 aliphatic heterocycles. The van der Waals surface area contributed by atoms with Crippen LogP contribution in [0, 0.1) is 0 Å². The molecule has 0 aromatic heterocycles. The molecule has 348 valence electrons. The molecule has 4 atom stereocenters. The Kier molecular flexibility index (Phi) is 15.3. The van der Waals surface area contributed by atoms with Crippen molar-refractivity contribution in [3.05, 3.63) is 156 Å². The number of hydrogen-bond acceptors (Lipinski definition) is 2. The Labute approximate surface area is 386 Å². The van der Waals surface area contributed by atoms with Crippen LogP contribution in [0.1, 0.15) is 49.9 Å². The van der Waals surface area contributed by atoms with E-state index in [2.05, 4.69) is 29.0 Å². The quantitative estimate of drug-likeness (QED) is 0.0932. The molecule has 6 aromatic rings. The van der Waals surface area contributed by atoms with Gasteiger partial charge in [0.25, 0.3) is 0 Å². The van der Waals surface area contributed by atoms with Crippen LogP contribution < -0.4 is 22.2 Å². The van der Waals surface area contributed by atoms with Gasteiger partial charge in [-0.3, -0.25) is 0 Å². The van der Waals surface area contributed by atoms with Gasteiger partial charge in [0.15, 0.2) is 0 Å². The zero-order chi connectivity index (χ0) is 47.1. The second kappa shape index (κ2) is 19.5. The van der Waals surface area contributed by atoms with Crippen LogP contribution in [-0.2, 0) is 43.9 Å². The molecule has 2 aliphatic rings. The maximum absolute atomic E-state index is 13.0. The number of alkyl halides is 12. The average Bonchev–Trinajstić information content (AvgIpc) is 4.08. The van der Waals surface area contributed by atoms with E-state index in [0.29, 0.717) is 22.3 Å². The predicted octanol–water partition coefficient (Wildman–Crippen LogP) is 12.9. The van der Waals surface area contributed by atoms with Gasteiger partial charge >= 0.3 is 49.3 Å². The summed E-state index contributed by atoms with van der Waals surface area (Å²) in [4.78, 5) is 4.25. The summed E-state index contributed by atoms with van der Waals surface area (Å²) in [6, 6.07) is 31.4. The van der Waals surface area contributed by atoms with Crippen LogP contribution in [-0.4, -0.2) is 24.2 Å². The second-order valence-electron chi connectivity index (χ2n) is 15.5. The molecular weight excluding hydrogens is 986 g/mol. The van der Waals surface area contributed by atoms with E-state index in [0.717, 1.165) is 82.2 Å². The molecule has 2 fully saturated rings. The number of para-hydroxylation sites is 2. The zero-order valence-electron chi connectivity index (χ0n) is 35.1. The third-order valence-corrected chi connectivity index (χ3v) is 11.7. The maximum atomic E-state index is 13.0. The summed E-state index contributed by atoms with van der Waals surface area (Å²) in [5.74, 6) is 0. The monoisotopic (exact) mass is 1030 g/mol. The maximum Gasteiger partial charge on any atom is -1.00 e. The van der Waals surface area contributed by atoms with Crippen molar-refractivity contribution in [2.45, 2.75) is 82.0 Å². The molecule has 2 heterocycles. The first kappa shape index (κ1) is 51.0. The Morgan fingerprint density at radius 3 is 0.631 bits per heavy atom. The van der Waals surface area contributed by atoms with Crippen molar-refractivity contribution in [3.63, 3.8) is 0 Å². The fourth-order valence-corrected chi connectivity index (χ4v) is 7.75. The Morgan fingerprint density at radius 1 is 0.323 bits per heavy atom. The summed E-state index contributed by atoms with van der Waals surface area (Å²) in [6.07, 6.45) is -17.7. The summed E-state index contributed by atoms with van der Waals surface area (Å²) in [7, 11) is 0. The van der Waals surface area contributed by atoms with Gasteiger partial charge in [-0.1, -0.05) is 84.9 Å². The third-order valence-electron chi connectivity index (χ3n) is 11.7. The minimum absolute atomic E-state index is 0. The Morgan fingerprint density at radius 2 is 0.492 bits per heavy atom. The van der Waals surface area contributed by atoms with E-state index >= 15 is 0 Å². The van der Waals surface area contributed by atoms with Crippen molar-refractivity contribution < 1.29 is 84.3 Å². The van der Waals surface area contributed by atoms with E-state index in [1.165, 1.54) is 48.5 Å². The van der Waals surface area contributed by atoms with Gasteiger partial charge in [0, 0.05) is 46.4 Å². The summed E-state index contributed by atoms with van der Waals surface area (Å²) >= 11 is 2.75. The number of rotatable bonds is 6. The SMILES string of the molecule is CC1C(C)N1c1c(-c2ccc(C(F)(F)F)cc2)cccc1-c1ccc(C(F)(F)F)cc1.CC1C(C)N1c1c(-c2ccc(C(F)(F)F)cc2)cccc1-c1ccc(C(F)(F)F)cc1.[CH3][Pd+].[Cl-]. The first-order valence-corrected chi connectivity index (χ1v) is 21.4. The molecule has 0 N–H and O–H groups in total. The van der Waals surface area contributed by atoms with E-state index in [-0.39, 0.29) is 36.6 Å². The van der Waals surface area contributed by atoms with Gasteiger partial charge in [-0.05, 0) is 98.5 Å². The minimum Gasteiger partial charge on any atom is -1.00 e. The first-order chi connectivity index (χ1) is 30.0. The average molecular weight is 1030 g/mol. The Hall–Kier alpha value is -4.97. The van der Waals surface area contributed by atoms with Gasteiger partial charge < -0.3 is 22.2 Å². The van der Waals surface area contributed by atoms with Crippen molar-refractivity contribution in [1.82, 2.24) is 0 Å². The summed E-state index contributed by atoms with van der Waals surface area (Å²) in [5.41, 5.74) is 4.10. The van der Waals surface area contributed by atoms with E-state index in [1.54, 1.807) is 12.1 Å². The van der Waals surface area contributed by atoms with Gasteiger partial charge in [-0.25, -0.2) is 0 Å². The minimum atomic E-state index is -4.42. The molecule has 0 saturated carbocycles. The van der Waals surface area contributed by atoms with Crippen LogP contribution in [0.5, 0.6) is 0 Å². The second-order valence-corrected chi connectivity index (χ2v) is 15.5. The standard InChI is InChI=1S/2C24H19F6N.CH3.ClH.Pd/c2*1-14-15(2)31(14)22-20(16-6-10-18(11-7-16)23(25,26)27)4-3-5-21(22)17-8-12-19(13-9-17)24(28,29)30;;;/h2*3-15H,1-2H3;1H3;1H;/q;;;;+1/p-1. The van der Waals surface area contributed by atoms with Gasteiger partial charge in [0.2, 0.25) is 0 Å². The van der Waals surface area contributed by atoms with E-state index in [9.17, 15) is 52.7 Å². The van der Waals surface area contributed by atoms with E-state index in [1.807, 2.05) is 57.4 Å². The van der Waals surface area contributed by atoms with Gasteiger partial charge in [0.1, 0.15) is 0 Å². The van der Waals surface area contributed by atoms with E-state index < -0.39 is 47.0 Å². The van der Waals surface area contributed by atoms with Crippen molar-refractivity contribution in [2.24, 2.45) is 0 Å². The summed E-state index contributed by atoms with van der Waals surface area (Å²) < 4.78 is 155. The third kappa shape index (κ3) is 11.2. The summed E-state index contributed by atoms with van der Waals surface area (Å²) in [6.45, 7) is 8.13. The summed E-state index contributed by atoms with van der Waals surface area (Å²) in [5, 5.41) is 1.85. The molecule has 2 saturated heterocycles. The van der Waals surface area contributed by atoms with Crippen LogP contribution in [0.2, 0.25) is 5.40 Å². The molecule has 0 bridgehead atoms. The van der Waals surface area contributed by atoms with Crippen molar-refractivity contribution >= 4 is 11.4 Å². The number of hydrogen-bond donors (Lipinski definition) is 0. The number of halogens is 13. The normalized spacial score (nSPS) is 18.1. The van der Waals surface area contributed by atoms with Crippen LogP contribution >= 0.6 is 0 Å². The van der Waals surface area contributed by atoms with Gasteiger partial charge in [0.05, 0.1) is 33.6 Å². The van der Waals surface area contributed by atoms with Crippen LogP contribution in [0.4, 0.5) is 64.1 Å². The molecule has 0 amide bonds. The fourth-order valence-electron chi connectivity index (χ4n) is 7.75. The smallest absolute Gasteiger partial charge is 1.00 e. The van der Waals surface area contributed by atoms with Crippen molar-refractivity contribution in [1.29, 1.82) is 0 Å². The van der Waals surface area contributed by atoms with Crippen LogP contribution in [0.15, 0.2) is 133 Å². The first-order valence-electron chi connectivity index (χ1n) is 19.8. The molecule has 6 aromatic carbocycles. The molecule has 2 nitrogen and oxygen atoms in total. The molecule has 8 rings (SSSR count). The Bertz CT molecular complexity index is 2190. The molecule has 0 spiro atoms. The molecule has 65 heavy (non-hydrogen) atoms. The van der Waals surface area contributed by atoms with Gasteiger partial charge in [-0.15, -0.1) is 0 Å². The molecule has 0 radical (unpaired) electrons. The van der Waals surface area contributed by atoms with Crippen LogP contribution in [0.3, 0.4) is 0 Å². The Balaban J connectivity index is 0.000000232. The largest absolute Gasteiger partial charge is 1.00 e. The predicted molar refractivity (Wildman–Crippen MR) is 223 cm³/mol. The van der Waals surface area contributed by atoms with Crippen LogP contribution in [0.25, 0.3) is 44.5 Å². The molecule has 0 aliphatic carbocycles. The molecular formula is C49H41ClF12N2Pd. The number of benzene rings is 6. The topological polar surface area (TPSA) is 6.02 Å². The van der Waals surface area contributed by atoms with Gasteiger partial charge in [-0.2, -0.15) is 52.7 Å². The number of anilines is 2. The fraction of sp³-hybridized carbons (Fsp3) is 0.265. The zero-order valence-corrected chi connectivity index (χ0v) is 37.4.